The van der Waals surface area contributed by atoms with Gasteiger partial charge in [0.2, 0.25) is 0 Å². The highest BCUT2D eigenvalue weighted by molar-refractivity contribution is 7.00. The van der Waals surface area contributed by atoms with Gasteiger partial charge in [-0.3, -0.25) is 0 Å². The van der Waals surface area contributed by atoms with Crippen molar-refractivity contribution in [2.45, 2.75) is 24.7 Å². The highest BCUT2D eigenvalue weighted by Crippen LogP contribution is 2.52. The maximum absolute atomic E-state index is 2.56. The predicted octanol–water partition coefficient (Wildman–Crippen LogP) is 18.6. The van der Waals surface area contributed by atoms with E-state index in [0.29, 0.717) is 0 Å². The van der Waals surface area contributed by atoms with Crippen LogP contribution in [0.15, 0.2) is 340 Å². The molecule has 0 amide bonds. The molecule has 0 fully saturated rings. The lowest BCUT2D eigenvalue weighted by molar-refractivity contribution is 0.745. The number of nitrogens with zero attached hydrogens (tertiary/aromatic N) is 3. The Labute approximate surface area is 506 Å². The van der Waals surface area contributed by atoms with E-state index in [4.69, 9.17) is 0 Å². The summed E-state index contributed by atoms with van der Waals surface area (Å²) in [6, 6.07) is 126. The van der Waals surface area contributed by atoms with Gasteiger partial charge in [-0.15, -0.1) is 0 Å². The first-order valence-electron chi connectivity index (χ1n) is 29.9. The number of hydrogen-bond acceptors (Lipinski definition) is 3. The summed E-state index contributed by atoms with van der Waals surface area (Å²) in [5.74, 6) is 0. The van der Waals surface area contributed by atoms with Gasteiger partial charge < -0.3 is 14.7 Å². The Morgan fingerprint density at radius 3 is 0.814 bits per heavy atom. The second-order valence-electron chi connectivity index (χ2n) is 22.9. The van der Waals surface area contributed by atoms with Crippen molar-refractivity contribution >= 4 is 74.3 Å². The van der Waals surface area contributed by atoms with Crippen LogP contribution in [0, 0.1) is 13.8 Å². The van der Waals surface area contributed by atoms with E-state index in [-0.39, 0.29) is 6.71 Å². The van der Waals surface area contributed by atoms with Gasteiger partial charge in [0.15, 0.2) is 0 Å². The van der Waals surface area contributed by atoms with E-state index in [1.54, 1.807) is 0 Å². The smallest absolute Gasteiger partial charge is 0.252 e. The fraction of sp³-hybridized carbons (Fsp3) is 0.0488. The first-order valence-corrected chi connectivity index (χ1v) is 29.9. The molecule has 408 valence electrons. The summed E-state index contributed by atoms with van der Waals surface area (Å²) >= 11 is 0. The maximum atomic E-state index is 2.56. The second-order valence-corrected chi connectivity index (χ2v) is 22.9. The van der Waals surface area contributed by atoms with Crippen molar-refractivity contribution in [3.05, 3.63) is 395 Å². The fourth-order valence-corrected chi connectivity index (χ4v) is 14.3. The summed E-state index contributed by atoms with van der Waals surface area (Å²) in [7, 11) is 0. The third-order valence-electron chi connectivity index (χ3n) is 18.0. The highest BCUT2D eigenvalue weighted by atomic mass is 15.2. The lowest BCUT2D eigenvalue weighted by Gasteiger charge is -2.45. The molecule has 86 heavy (non-hydrogen) atoms. The van der Waals surface area contributed by atoms with Crippen LogP contribution in [0.5, 0.6) is 0 Å². The number of aryl methyl sites for hydroxylation is 2. The normalized spacial score (nSPS) is 12.5. The molecule has 4 heteroatoms. The molecule has 2 aliphatic heterocycles. The van der Waals surface area contributed by atoms with Crippen molar-refractivity contribution in [1.82, 2.24) is 0 Å². The van der Waals surface area contributed by atoms with Crippen LogP contribution >= 0.6 is 0 Å². The largest absolute Gasteiger partial charge is 0.311 e. The quantitative estimate of drug-likeness (QED) is 0.0841. The minimum absolute atomic E-state index is 0.0722. The Balaban J connectivity index is 0.990. The lowest BCUT2D eigenvalue weighted by atomic mass is 9.33. The Morgan fingerprint density at radius 1 is 0.256 bits per heavy atom. The van der Waals surface area contributed by atoms with Gasteiger partial charge in [0.25, 0.3) is 6.71 Å². The molecule has 0 aliphatic carbocycles. The van der Waals surface area contributed by atoms with Crippen LogP contribution in [0.25, 0.3) is 0 Å². The number of para-hydroxylation sites is 2. The highest BCUT2D eigenvalue weighted by Gasteiger charge is 2.45. The third kappa shape index (κ3) is 8.59. The number of benzene rings is 13. The first kappa shape index (κ1) is 52.2. The second kappa shape index (κ2) is 21.8. The predicted molar refractivity (Wildman–Crippen MR) is 361 cm³/mol. The molecule has 0 spiro atoms. The Morgan fingerprint density at radius 2 is 0.523 bits per heavy atom. The lowest BCUT2D eigenvalue weighted by Crippen LogP contribution is -2.61. The molecule has 0 saturated carbocycles. The molecule has 0 atom stereocenters. The molecular weight excluding hydrogens is 1040 g/mol. The van der Waals surface area contributed by atoms with Gasteiger partial charge in [-0.2, -0.15) is 0 Å². The molecular formula is C82H62BN3. The van der Waals surface area contributed by atoms with Gasteiger partial charge in [0.05, 0.1) is 16.5 Å². The van der Waals surface area contributed by atoms with E-state index in [0.717, 1.165) is 39.8 Å². The minimum Gasteiger partial charge on any atom is -0.311 e. The van der Waals surface area contributed by atoms with Crippen LogP contribution in [-0.4, -0.2) is 6.71 Å². The molecule has 0 aromatic heterocycles. The van der Waals surface area contributed by atoms with Gasteiger partial charge >= 0.3 is 0 Å². The maximum Gasteiger partial charge on any atom is 0.252 e. The SMILES string of the molecule is Cc1ccc2c(c1)N(c1ccc(C(c3ccccc3)(c3ccccc3)c3ccccc3)cc1)c1cc(N(c3ccccc3)c3ccccc3)cc3c1B2c1ccc(C)cc1N3c1ccc(C(c2ccccc2)(c2ccccc2)c2ccccc2)cc1. The minimum atomic E-state index is -0.602. The molecule has 15 rings (SSSR count). The van der Waals surface area contributed by atoms with E-state index in [2.05, 4.69) is 368 Å². The van der Waals surface area contributed by atoms with Crippen molar-refractivity contribution in [2.75, 3.05) is 14.7 Å². The summed E-state index contributed by atoms with van der Waals surface area (Å²) < 4.78 is 0. The molecule has 13 aromatic rings. The molecule has 13 aromatic carbocycles. The number of anilines is 9. The molecule has 3 nitrogen and oxygen atoms in total. The zero-order valence-corrected chi connectivity index (χ0v) is 48.3. The third-order valence-corrected chi connectivity index (χ3v) is 18.0. The van der Waals surface area contributed by atoms with E-state index in [1.807, 2.05) is 0 Å². The van der Waals surface area contributed by atoms with Crippen LogP contribution in [-0.2, 0) is 10.8 Å². The average Bonchev–Trinajstić information content (AvgIpc) is 0.830. The van der Waals surface area contributed by atoms with Crippen LogP contribution in [0.3, 0.4) is 0 Å². The number of hydrogen-bond donors (Lipinski definition) is 0. The molecule has 0 unspecified atom stereocenters. The van der Waals surface area contributed by atoms with E-state index in [1.165, 1.54) is 83.4 Å². The molecule has 0 bridgehead atoms. The monoisotopic (exact) mass is 1100 g/mol. The van der Waals surface area contributed by atoms with Crippen LogP contribution < -0.4 is 31.1 Å². The first-order chi connectivity index (χ1) is 42.5. The zero-order chi connectivity index (χ0) is 57.6. The van der Waals surface area contributed by atoms with Crippen molar-refractivity contribution in [3.63, 3.8) is 0 Å². The van der Waals surface area contributed by atoms with E-state index in [9.17, 15) is 0 Å². The zero-order valence-electron chi connectivity index (χ0n) is 48.3. The van der Waals surface area contributed by atoms with Gasteiger partial charge in [0, 0.05) is 45.5 Å². The molecule has 0 saturated heterocycles. The van der Waals surface area contributed by atoms with Crippen molar-refractivity contribution < 1.29 is 0 Å². The standard InChI is InChI=1S/C82H62BN3/c1-59-43-53-74-76(55-59)85(71-49-45-67(46-50-71)81(61-27-11-3-12-28-61,62-29-13-4-14-30-62)63-31-15-5-16-32-63)78-57-73(84(69-39-23-9-24-40-69)70-41-25-10-26-42-70)58-79-80(78)83(74)75-54-44-60(2)56-77(75)86(79)72-51-47-68(48-52-72)82(64-33-17-6-18-34-64,65-35-19-7-20-36-65)66-37-21-8-22-38-66/h3-58H,1-2H3. The van der Waals surface area contributed by atoms with Gasteiger partial charge in [-0.05, 0) is 159 Å². The van der Waals surface area contributed by atoms with Crippen LogP contribution in [0.2, 0.25) is 0 Å². The summed E-state index contributed by atoms with van der Waals surface area (Å²) in [4.78, 5) is 7.54. The fourth-order valence-electron chi connectivity index (χ4n) is 14.3. The number of rotatable bonds is 13. The molecule has 0 radical (unpaired) electrons. The molecule has 0 N–H and O–H groups in total. The van der Waals surface area contributed by atoms with Gasteiger partial charge in [-0.25, -0.2) is 0 Å². The topological polar surface area (TPSA) is 9.72 Å². The van der Waals surface area contributed by atoms with Crippen LogP contribution in [0.4, 0.5) is 51.2 Å². The van der Waals surface area contributed by atoms with E-state index >= 15 is 0 Å². The molecule has 2 aliphatic rings. The molecule has 2 heterocycles. The van der Waals surface area contributed by atoms with Gasteiger partial charge in [-0.1, -0.05) is 267 Å². The van der Waals surface area contributed by atoms with Gasteiger partial charge in [0.1, 0.15) is 0 Å². The van der Waals surface area contributed by atoms with Crippen molar-refractivity contribution in [1.29, 1.82) is 0 Å². The Kier molecular flexibility index (Phi) is 13.2. The Hall–Kier alpha value is -10.7. The summed E-state index contributed by atoms with van der Waals surface area (Å²) in [6.07, 6.45) is 0. The van der Waals surface area contributed by atoms with Crippen molar-refractivity contribution in [3.8, 4) is 0 Å². The summed E-state index contributed by atoms with van der Waals surface area (Å²) in [5, 5.41) is 0. The van der Waals surface area contributed by atoms with Crippen molar-refractivity contribution in [2.24, 2.45) is 0 Å². The summed E-state index contributed by atoms with van der Waals surface area (Å²) in [6.45, 7) is 4.38. The van der Waals surface area contributed by atoms with E-state index < -0.39 is 10.8 Å². The average molecular weight is 1100 g/mol. The Bertz CT molecular complexity index is 4030. The number of fused-ring (bicyclic) bond motifs is 4. The summed E-state index contributed by atoms with van der Waals surface area (Å²) in [5.41, 5.74) is 24.6. The van der Waals surface area contributed by atoms with Crippen LogP contribution in [0.1, 0.15) is 55.6 Å².